The van der Waals surface area contributed by atoms with Crippen molar-refractivity contribution >= 4 is 6.09 Å². The maximum atomic E-state index is 11.3. The van der Waals surface area contributed by atoms with Crippen LogP contribution in [-0.2, 0) is 16.0 Å². The molecule has 96 valence electrons. The summed E-state index contributed by atoms with van der Waals surface area (Å²) in [5.74, 6) is 0.815. The van der Waals surface area contributed by atoms with E-state index in [2.05, 4.69) is 0 Å². The number of carbonyl (C=O) groups is 1. The van der Waals surface area contributed by atoms with Crippen LogP contribution in [0.25, 0.3) is 0 Å². The van der Waals surface area contributed by atoms with Gasteiger partial charge in [-0.25, -0.2) is 4.79 Å². The minimum absolute atomic E-state index is 0.243. The molecule has 1 amide bonds. The molecule has 1 aromatic rings. The molecule has 0 unspecified atom stereocenters. The maximum Gasteiger partial charge on any atom is 0.410 e. The van der Waals surface area contributed by atoms with Crippen LogP contribution in [0.5, 0.6) is 5.75 Å². The van der Waals surface area contributed by atoms with Gasteiger partial charge in [-0.05, 0) is 17.7 Å². The van der Waals surface area contributed by atoms with Crippen molar-refractivity contribution in [3.63, 3.8) is 0 Å². The zero-order valence-electron chi connectivity index (χ0n) is 10.0. The van der Waals surface area contributed by atoms with Crippen LogP contribution in [0.3, 0.4) is 0 Å². The fourth-order valence-electron chi connectivity index (χ4n) is 1.88. The van der Waals surface area contributed by atoms with Gasteiger partial charge in [0.15, 0.2) is 0 Å². The molecule has 1 atom stereocenters. The van der Waals surface area contributed by atoms with Crippen LogP contribution in [0.15, 0.2) is 24.3 Å². The average molecular weight is 249 g/mol. The molecule has 2 fully saturated rings. The lowest BCUT2D eigenvalue weighted by Crippen LogP contribution is -2.23. The summed E-state index contributed by atoms with van der Waals surface area (Å²) in [6, 6.07) is 7.77. The minimum atomic E-state index is -0.243. The van der Waals surface area contributed by atoms with Crippen molar-refractivity contribution in [1.82, 2.24) is 4.90 Å². The van der Waals surface area contributed by atoms with Crippen LogP contribution in [0.2, 0.25) is 0 Å². The van der Waals surface area contributed by atoms with E-state index in [4.69, 9.17) is 14.2 Å². The molecule has 3 rings (SSSR count). The number of hydrogen-bond donors (Lipinski definition) is 0. The van der Waals surface area contributed by atoms with E-state index in [0.717, 1.165) is 17.9 Å². The van der Waals surface area contributed by atoms with Crippen LogP contribution < -0.4 is 4.74 Å². The van der Waals surface area contributed by atoms with Gasteiger partial charge in [-0.15, -0.1) is 0 Å². The third-order valence-electron chi connectivity index (χ3n) is 2.96. The van der Waals surface area contributed by atoms with Crippen molar-refractivity contribution in [2.75, 3.05) is 26.4 Å². The van der Waals surface area contributed by atoms with Gasteiger partial charge in [-0.2, -0.15) is 0 Å². The number of hydrogen-bond acceptors (Lipinski definition) is 4. The predicted molar refractivity (Wildman–Crippen MR) is 63.4 cm³/mol. The lowest BCUT2D eigenvalue weighted by atomic mass is 10.2. The number of epoxide rings is 1. The van der Waals surface area contributed by atoms with Crippen molar-refractivity contribution in [3.8, 4) is 5.75 Å². The average Bonchev–Trinajstić information content (AvgIpc) is 3.13. The van der Waals surface area contributed by atoms with Crippen molar-refractivity contribution < 1.29 is 19.0 Å². The van der Waals surface area contributed by atoms with Gasteiger partial charge < -0.3 is 19.1 Å². The van der Waals surface area contributed by atoms with E-state index in [9.17, 15) is 4.79 Å². The molecular weight excluding hydrogens is 234 g/mol. The molecule has 2 heterocycles. The molecule has 1 aromatic carbocycles. The highest BCUT2D eigenvalue weighted by molar-refractivity contribution is 5.69. The van der Waals surface area contributed by atoms with Gasteiger partial charge in [0.25, 0.3) is 0 Å². The van der Waals surface area contributed by atoms with Crippen molar-refractivity contribution in [2.45, 2.75) is 12.6 Å². The molecule has 5 nitrogen and oxygen atoms in total. The molecule has 2 saturated heterocycles. The second kappa shape index (κ2) is 4.86. The predicted octanol–water partition coefficient (Wildman–Crippen LogP) is 1.42. The van der Waals surface area contributed by atoms with Gasteiger partial charge >= 0.3 is 6.09 Å². The summed E-state index contributed by atoms with van der Waals surface area (Å²) in [7, 11) is 0. The second-order valence-electron chi connectivity index (χ2n) is 4.45. The molecule has 0 spiro atoms. The molecule has 0 saturated carbocycles. The number of rotatable bonds is 5. The normalized spacial score (nSPS) is 21.9. The molecule has 5 heteroatoms. The summed E-state index contributed by atoms with van der Waals surface area (Å²) < 4.78 is 15.6. The van der Waals surface area contributed by atoms with Gasteiger partial charge in [0.2, 0.25) is 0 Å². The smallest absolute Gasteiger partial charge is 0.410 e. The summed E-state index contributed by atoms with van der Waals surface area (Å²) in [6.07, 6.45) is 0.00918. The second-order valence-corrected chi connectivity index (χ2v) is 4.45. The quantitative estimate of drug-likeness (QED) is 0.740. The first kappa shape index (κ1) is 11.3. The lowest BCUT2D eigenvalue weighted by Gasteiger charge is -2.13. The highest BCUT2D eigenvalue weighted by atomic mass is 16.6. The Labute approximate surface area is 105 Å². The first-order valence-electron chi connectivity index (χ1n) is 6.06. The number of ether oxygens (including phenoxy) is 3. The van der Waals surface area contributed by atoms with Gasteiger partial charge in [0.1, 0.15) is 25.1 Å². The monoisotopic (exact) mass is 249 g/mol. The zero-order chi connectivity index (χ0) is 12.4. The van der Waals surface area contributed by atoms with Gasteiger partial charge in [0, 0.05) is 6.54 Å². The molecule has 0 N–H and O–H groups in total. The number of carbonyl (C=O) groups excluding carboxylic acids is 1. The van der Waals surface area contributed by atoms with Crippen LogP contribution in [0.4, 0.5) is 4.79 Å². The van der Waals surface area contributed by atoms with Crippen LogP contribution in [-0.4, -0.2) is 43.5 Å². The largest absolute Gasteiger partial charge is 0.491 e. The standard InChI is InChI=1S/C13H15NO4/c15-13-14(4-5-16-13)7-10-2-1-3-11(6-10)17-8-12-9-18-12/h1-3,6,12H,4-5,7-9H2/t12-/m1/s1. The summed E-state index contributed by atoms with van der Waals surface area (Å²) in [5.41, 5.74) is 1.04. The summed E-state index contributed by atoms with van der Waals surface area (Å²) in [4.78, 5) is 13.0. The Morgan fingerprint density at radius 3 is 3.06 bits per heavy atom. The number of amides is 1. The van der Waals surface area contributed by atoms with Crippen LogP contribution in [0, 0.1) is 0 Å². The van der Waals surface area contributed by atoms with Crippen LogP contribution in [0.1, 0.15) is 5.56 Å². The van der Waals surface area contributed by atoms with E-state index in [1.165, 1.54) is 0 Å². The number of benzene rings is 1. The third kappa shape index (κ3) is 2.73. The Morgan fingerprint density at radius 2 is 2.33 bits per heavy atom. The fourth-order valence-corrected chi connectivity index (χ4v) is 1.88. The van der Waals surface area contributed by atoms with Crippen LogP contribution >= 0.6 is 0 Å². The minimum Gasteiger partial charge on any atom is -0.491 e. The molecule has 0 bridgehead atoms. The van der Waals surface area contributed by atoms with Crippen molar-refractivity contribution in [1.29, 1.82) is 0 Å². The molecule has 0 aliphatic carbocycles. The van der Waals surface area contributed by atoms with Gasteiger partial charge in [0.05, 0.1) is 13.2 Å². The molecule has 2 aliphatic heterocycles. The summed E-state index contributed by atoms with van der Waals surface area (Å²) in [5, 5.41) is 0. The summed E-state index contributed by atoms with van der Waals surface area (Å²) in [6.45, 7) is 3.08. The number of cyclic esters (lactones) is 1. The highest BCUT2D eigenvalue weighted by Gasteiger charge is 2.23. The SMILES string of the molecule is O=C1OCCN1Cc1cccc(OC[C@@H]2CO2)c1. The lowest BCUT2D eigenvalue weighted by molar-refractivity contribution is 0.157. The van der Waals surface area contributed by atoms with E-state index < -0.39 is 0 Å². The van der Waals surface area contributed by atoms with E-state index in [-0.39, 0.29) is 12.2 Å². The fraction of sp³-hybridized carbons (Fsp3) is 0.462. The third-order valence-corrected chi connectivity index (χ3v) is 2.96. The first-order valence-corrected chi connectivity index (χ1v) is 6.06. The number of nitrogens with zero attached hydrogens (tertiary/aromatic N) is 1. The molecular formula is C13H15NO4. The Hall–Kier alpha value is -1.75. The van der Waals surface area contributed by atoms with E-state index >= 15 is 0 Å². The molecule has 0 radical (unpaired) electrons. The van der Waals surface area contributed by atoms with E-state index in [1.807, 2.05) is 24.3 Å². The molecule has 2 aliphatic rings. The summed E-state index contributed by atoms with van der Waals surface area (Å²) >= 11 is 0. The van der Waals surface area contributed by atoms with Crippen molar-refractivity contribution in [2.24, 2.45) is 0 Å². The zero-order valence-corrected chi connectivity index (χ0v) is 10.0. The Balaban J connectivity index is 1.60. The van der Waals surface area contributed by atoms with Gasteiger partial charge in [-0.3, -0.25) is 0 Å². The first-order chi connectivity index (χ1) is 8.81. The topological polar surface area (TPSA) is 51.3 Å². The maximum absolute atomic E-state index is 11.3. The molecule has 18 heavy (non-hydrogen) atoms. The Morgan fingerprint density at radius 1 is 1.44 bits per heavy atom. The van der Waals surface area contributed by atoms with E-state index in [0.29, 0.717) is 26.3 Å². The molecule has 0 aromatic heterocycles. The Kier molecular flexibility index (Phi) is 3.06. The highest BCUT2D eigenvalue weighted by Crippen LogP contribution is 2.18. The van der Waals surface area contributed by atoms with Crippen molar-refractivity contribution in [3.05, 3.63) is 29.8 Å². The van der Waals surface area contributed by atoms with Gasteiger partial charge in [-0.1, -0.05) is 12.1 Å². The Bertz CT molecular complexity index is 444. The van der Waals surface area contributed by atoms with E-state index in [1.54, 1.807) is 4.90 Å².